The van der Waals surface area contributed by atoms with Gasteiger partial charge in [0.15, 0.2) is 0 Å². The zero-order valence-electron chi connectivity index (χ0n) is 8.34. The zero-order valence-corrected chi connectivity index (χ0v) is 8.34. The van der Waals surface area contributed by atoms with E-state index in [0.29, 0.717) is 5.69 Å². The second-order valence-corrected chi connectivity index (χ2v) is 3.08. The molecule has 15 heavy (non-hydrogen) atoms. The number of rotatable bonds is 2. The molecule has 1 aromatic carbocycles. The summed E-state index contributed by atoms with van der Waals surface area (Å²) in [6.07, 6.45) is 1.62. The Balaban J connectivity index is 2.51. The van der Waals surface area contributed by atoms with Crippen LogP contribution >= 0.6 is 0 Å². The van der Waals surface area contributed by atoms with Crippen molar-refractivity contribution in [3.05, 3.63) is 52.9 Å². The van der Waals surface area contributed by atoms with Crippen LogP contribution in [0, 0.1) is 0 Å². The molecule has 0 unspecified atom stereocenters. The number of para-hydroxylation sites is 1. The average molecular weight is 201 g/mol. The lowest BCUT2D eigenvalue weighted by Gasteiger charge is -2.04. The molecule has 0 aliphatic rings. The van der Waals surface area contributed by atoms with Crippen molar-refractivity contribution in [1.29, 1.82) is 0 Å². The van der Waals surface area contributed by atoms with Gasteiger partial charge >= 0.3 is 0 Å². The molecule has 0 aliphatic heterocycles. The molecule has 1 N–H and O–H groups in total. The molecule has 4 nitrogen and oxygen atoms in total. The Kier molecular flexibility index (Phi) is 2.49. The van der Waals surface area contributed by atoms with E-state index in [2.05, 4.69) is 10.4 Å². The van der Waals surface area contributed by atoms with Gasteiger partial charge in [-0.3, -0.25) is 4.79 Å². The van der Waals surface area contributed by atoms with Gasteiger partial charge in [0.05, 0.1) is 17.6 Å². The van der Waals surface area contributed by atoms with E-state index in [0.717, 1.165) is 5.69 Å². The molecule has 76 valence electrons. The van der Waals surface area contributed by atoms with Gasteiger partial charge in [-0.05, 0) is 12.1 Å². The van der Waals surface area contributed by atoms with Crippen molar-refractivity contribution in [2.24, 2.45) is 0 Å². The number of benzene rings is 1. The minimum absolute atomic E-state index is 0.145. The molecule has 4 heteroatoms. The maximum Gasteiger partial charge on any atom is 0.273 e. The van der Waals surface area contributed by atoms with E-state index in [1.165, 1.54) is 10.7 Å². The minimum atomic E-state index is -0.145. The molecule has 0 saturated heterocycles. The Hall–Kier alpha value is -2.10. The summed E-state index contributed by atoms with van der Waals surface area (Å²) in [7, 11) is 1.75. The fraction of sp³-hybridized carbons (Fsp3) is 0.0909. The molecule has 0 spiro atoms. The molecule has 0 radical (unpaired) electrons. The number of nitrogens with one attached hydrogen (secondary N) is 1. The average Bonchev–Trinajstić information content (AvgIpc) is 2.30. The fourth-order valence-corrected chi connectivity index (χ4v) is 1.31. The van der Waals surface area contributed by atoms with Crippen LogP contribution in [0.5, 0.6) is 0 Å². The maximum absolute atomic E-state index is 11.7. The van der Waals surface area contributed by atoms with Gasteiger partial charge in [0.2, 0.25) is 0 Å². The van der Waals surface area contributed by atoms with Gasteiger partial charge in [-0.25, -0.2) is 0 Å². The van der Waals surface area contributed by atoms with Crippen LogP contribution < -0.4 is 10.9 Å². The Bertz CT molecular complexity index is 505. The van der Waals surface area contributed by atoms with Crippen LogP contribution in [0.2, 0.25) is 0 Å². The van der Waals surface area contributed by atoms with Crippen molar-refractivity contribution < 1.29 is 0 Å². The SMILES string of the molecule is CNc1cnn(-c2ccccc2)c(=O)c1. The fourth-order valence-electron chi connectivity index (χ4n) is 1.31. The van der Waals surface area contributed by atoms with E-state index in [9.17, 15) is 4.79 Å². The van der Waals surface area contributed by atoms with Crippen molar-refractivity contribution in [2.45, 2.75) is 0 Å². The normalized spacial score (nSPS) is 9.93. The summed E-state index contributed by atoms with van der Waals surface area (Å²) in [5.74, 6) is 0. The van der Waals surface area contributed by atoms with Crippen LogP contribution in [-0.4, -0.2) is 16.8 Å². The summed E-state index contributed by atoms with van der Waals surface area (Å²) in [5.41, 5.74) is 1.34. The molecule has 2 aromatic rings. The van der Waals surface area contributed by atoms with Crippen LogP contribution in [-0.2, 0) is 0 Å². The summed E-state index contributed by atoms with van der Waals surface area (Å²) in [5, 5.41) is 6.93. The van der Waals surface area contributed by atoms with Crippen molar-refractivity contribution >= 4 is 5.69 Å². The predicted molar refractivity (Wildman–Crippen MR) is 59.4 cm³/mol. The molecular weight excluding hydrogens is 190 g/mol. The standard InChI is InChI=1S/C11H11N3O/c1-12-9-7-11(15)14(13-8-9)10-5-3-2-4-6-10/h2-8,12H,1H3. The van der Waals surface area contributed by atoms with Crippen molar-refractivity contribution in [3.8, 4) is 5.69 Å². The lowest BCUT2D eigenvalue weighted by molar-refractivity contribution is 0.808. The summed E-state index contributed by atoms with van der Waals surface area (Å²) >= 11 is 0. The smallest absolute Gasteiger partial charge is 0.273 e. The molecular formula is C11H11N3O. The topological polar surface area (TPSA) is 46.9 Å². The third kappa shape index (κ3) is 1.88. The van der Waals surface area contributed by atoms with Crippen LogP contribution in [0.3, 0.4) is 0 Å². The first kappa shape index (κ1) is 9.45. The highest BCUT2D eigenvalue weighted by atomic mass is 16.1. The summed E-state index contributed by atoms with van der Waals surface area (Å²) < 4.78 is 1.36. The van der Waals surface area contributed by atoms with Gasteiger partial charge in [-0.1, -0.05) is 18.2 Å². The molecule has 2 rings (SSSR count). The molecule has 0 atom stereocenters. The summed E-state index contributed by atoms with van der Waals surface area (Å²) in [6.45, 7) is 0. The second-order valence-electron chi connectivity index (χ2n) is 3.08. The summed E-state index contributed by atoms with van der Waals surface area (Å²) in [6, 6.07) is 10.8. The predicted octanol–water partition coefficient (Wildman–Crippen LogP) is 1.27. The quantitative estimate of drug-likeness (QED) is 0.796. The van der Waals surface area contributed by atoms with E-state index in [1.807, 2.05) is 30.3 Å². The van der Waals surface area contributed by atoms with Crippen LogP contribution in [0.1, 0.15) is 0 Å². The van der Waals surface area contributed by atoms with Crippen molar-refractivity contribution in [2.75, 3.05) is 12.4 Å². The van der Waals surface area contributed by atoms with Crippen molar-refractivity contribution in [1.82, 2.24) is 9.78 Å². The molecule has 0 aliphatic carbocycles. The van der Waals surface area contributed by atoms with Gasteiger partial charge < -0.3 is 5.32 Å². The van der Waals surface area contributed by atoms with Gasteiger partial charge in [-0.15, -0.1) is 0 Å². The lowest BCUT2D eigenvalue weighted by atomic mass is 10.3. The Morgan fingerprint density at radius 1 is 1.27 bits per heavy atom. The van der Waals surface area contributed by atoms with Gasteiger partial charge in [0, 0.05) is 13.1 Å². The minimum Gasteiger partial charge on any atom is -0.387 e. The van der Waals surface area contributed by atoms with E-state index in [1.54, 1.807) is 13.2 Å². The Morgan fingerprint density at radius 2 is 2.00 bits per heavy atom. The zero-order chi connectivity index (χ0) is 10.7. The van der Waals surface area contributed by atoms with Gasteiger partial charge in [0.1, 0.15) is 0 Å². The van der Waals surface area contributed by atoms with E-state index < -0.39 is 0 Å². The maximum atomic E-state index is 11.7. The van der Waals surface area contributed by atoms with Gasteiger partial charge in [0.25, 0.3) is 5.56 Å². The molecule has 1 aromatic heterocycles. The second kappa shape index (κ2) is 3.96. The van der Waals surface area contributed by atoms with Crippen LogP contribution in [0.15, 0.2) is 47.4 Å². The molecule has 1 heterocycles. The largest absolute Gasteiger partial charge is 0.387 e. The van der Waals surface area contributed by atoms with Crippen LogP contribution in [0.4, 0.5) is 5.69 Å². The highest BCUT2D eigenvalue weighted by Gasteiger charge is 2.00. The number of anilines is 1. The Morgan fingerprint density at radius 3 is 2.60 bits per heavy atom. The number of hydrogen-bond donors (Lipinski definition) is 1. The Labute approximate surface area is 87.2 Å². The highest BCUT2D eigenvalue weighted by molar-refractivity contribution is 5.39. The molecule has 0 amide bonds. The van der Waals surface area contributed by atoms with Gasteiger partial charge in [-0.2, -0.15) is 9.78 Å². The first-order chi connectivity index (χ1) is 7.31. The van der Waals surface area contributed by atoms with Crippen LogP contribution in [0.25, 0.3) is 5.69 Å². The summed E-state index contributed by atoms with van der Waals surface area (Å²) in [4.78, 5) is 11.7. The lowest BCUT2D eigenvalue weighted by Crippen LogP contribution is -2.20. The van der Waals surface area contributed by atoms with Crippen molar-refractivity contribution in [3.63, 3.8) is 0 Å². The van der Waals surface area contributed by atoms with E-state index >= 15 is 0 Å². The monoisotopic (exact) mass is 201 g/mol. The first-order valence-electron chi connectivity index (χ1n) is 4.64. The number of aromatic nitrogens is 2. The third-order valence-electron chi connectivity index (χ3n) is 2.09. The molecule has 0 bridgehead atoms. The number of hydrogen-bond acceptors (Lipinski definition) is 3. The first-order valence-corrected chi connectivity index (χ1v) is 4.64. The van der Waals surface area contributed by atoms with E-state index in [4.69, 9.17) is 0 Å². The number of nitrogens with zero attached hydrogens (tertiary/aromatic N) is 2. The van der Waals surface area contributed by atoms with E-state index in [-0.39, 0.29) is 5.56 Å². The highest BCUT2D eigenvalue weighted by Crippen LogP contribution is 2.03. The third-order valence-corrected chi connectivity index (χ3v) is 2.09. The molecule has 0 fully saturated rings. The molecule has 0 saturated carbocycles.